The fourth-order valence-corrected chi connectivity index (χ4v) is 4.08. The summed E-state index contributed by atoms with van der Waals surface area (Å²) >= 11 is 1.56. The summed E-state index contributed by atoms with van der Waals surface area (Å²) in [6.07, 6.45) is 0. The standard InChI is InChI=1S/C18H26N4O2S/c1-15-3-2-4-16(11-15)21-9-7-20(8-10-21)6-5-19-17(23)12-22-14-25-13-18(22)24/h2-4,11H,5-10,12-14H2,1H3,(H,19,23). The van der Waals surface area contributed by atoms with E-state index in [1.54, 1.807) is 16.7 Å². The Balaban J connectivity index is 1.34. The third kappa shape index (κ3) is 5.12. The second kappa shape index (κ2) is 8.58. The number of piperazine rings is 1. The van der Waals surface area contributed by atoms with E-state index in [1.807, 2.05) is 0 Å². The lowest BCUT2D eigenvalue weighted by atomic mass is 10.2. The van der Waals surface area contributed by atoms with Gasteiger partial charge >= 0.3 is 0 Å². The summed E-state index contributed by atoms with van der Waals surface area (Å²) in [6.45, 7) is 7.84. The minimum atomic E-state index is -0.0609. The van der Waals surface area contributed by atoms with Crippen LogP contribution in [0.4, 0.5) is 5.69 Å². The van der Waals surface area contributed by atoms with Crippen LogP contribution in [0, 0.1) is 6.92 Å². The Bertz CT molecular complexity index is 617. The summed E-state index contributed by atoms with van der Waals surface area (Å²) < 4.78 is 0. The van der Waals surface area contributed by atoms with Gasteiger partial charge in [-0.25, -0.2) is 0 Å². The summed E-state index contributed by atoms with van der Waals surface area (Å²) in [7, 11) is 0. The molecule has 2 heterocycles. The van der Waals surface area contributed by atoms with Crippen LogP contribution in [0.3, 0.4) is 0 Å². The first-order valence-electron chi connectivity index (χ1n) is 8.78. The summed E-state index contributed by atoms with van der Waals surface area (Å²) in [5.74, 6) is 1.13. The van der Waals surface area contributed by atoms with Gasteiger partial charge in [-0.2, -0.15) is 0 Å². The Morgan fingerprint density at radius 2 is 2.04 bits per heavy atom. The first kappa shape index (κ1) is 18.1. The number of nitrogens with one attached hydrogen (secondary N) is 1. The average Bonchev–Trinajstić information content (AvgIpc) is 3.00. The van der Waals surface area contributed by atoms with E-state index in [1.165, 1.54) is 11.3 Å². The van der Waals surface area contributed by atoms with Gasteiger partial charge in [-0.05, 0) is 24.6 Å². The first-order valence-corrected chi connectivity index (χ1v) is 9.93. The van der Waals surface area contributed by atoms with Gasteiger partial charge in [0.15, 0.2) is 0 Å². The lowest BCUT2D eigenvalue weighted by molar-refractivity contribution is -0.132. The Morgan fingerprint density at radius 3 is 2.72 bits per heavy atom. The Labute approximate surface area is 153 Å². The van der Waals surface area contributed by atoms with E-state index in [4.69, 9.17) is 0 Å². The summed E-state index contributed by atoms with van der Waals surface area (Å²) in [6, 6.07) is 8.63. The van der Waals surface area contributed by atoms with E-state index in [0.717, 1.165) is 32.7 Å². The van der Waals surface area contributed by atoms with Crippen molar-refractivity contribution >= 4 is 29.3 Å². The molecule has 2 saturated heterocycles. The van der Waals surface area contributed by atoms with Crippen molar-refractivity contribution < 1.29 is 9.59 Å². The van der Waals surface area contributed by atoms with Gasteiger partial charge in [0.05, 0.1) is 11.6 Å². The van der Waals surface area contributed by atoms with Gasteiger partial charge in [-0.1, -0.05) is 12.1 Å². The molecule has 3 rings (SSSR count). The molecule has 1 N–H and O–H groups in total. The number of carbonyl (C=O) groups excluding carboxylic acids is 2. The van der Waals surface area contributed by atoms with Crippen LogP contribution in [0.2, 0.25) is 0 Å². The lowest BCUT2D eigenvalue weighted by Crippen LogP contribution is -2.49. The molecular formula is C18H26N4O2S. The summed E-state index contributed by atoms with van der Waals surface area (Å²) in [5.41, 5.74) is 2.58. The molecule has 0 bridgehead atoms. The van der Waals surface area contributed by atoms with E-state index < -0.39 is 0 Å². The molecule has 0 aliphatic carbocycles. The third-order valence-corrected chi connectivity index (χ3v) is 5.59. The highest BCUT2D eigenvalue weighted by atomic mass is 32.2. The number of nitrogens with zero attached hydrogens (tertiary/aromatic N) is 3. The quantitative estimate of drug-likeness (QED) is 0.810. The smallest absolute Gasteiger partial charge is 0.239 e. The molecule has 6 nitrogen and oxygen atoms in total. The van der Waals surface area contributed by atoms with Gasteiger partial charge < -0.3 is 15.1 Å². The maximum Gasteiger partial charge on any atom is 0.239 e. The van der Waals surface area contributed by atoms with E-state index in [0.29, 0.717) is 18.2 Å². The number of rotatable bonds is 6. The highest BCUT2D eigenvalue weighted by Crippen LogP contribution is 2.17. The molecule has 0 radical (unpaired) electrons. The highest BCUT2D eigenvalue weighted by molar-refractivity contribution is 8.00. The lowest BCUT2D eigenvalue weighted by Gasteiger charge is -2.36. The maximum atomic E-state index is 11.9. The minimum absolute atomic E-state index is 0.0609. The van der Waals surface area contributed by atoms with Gasteiger partial charge in [-0.3, -0.25) is 14.5 Å². The number of anilines is 1. The predicted molar refractivity (Wildman–Crippen MR) is 102 cm³/mol. The van der Waals surface area contributed by atoms with Crippen molar-refractivity contribution in [3.63, 3.8) is 0 Å². The molecule has 1 aromatic carbocycles. The SMILES string of the molecule is Cc1cccc(N2CCN(CCNC(=O)CN3CSCC3=O)CC2)c1. The van der Waals surface area contributed by atoms with Crippen molar-refractivity contribution in [1.82, 2.24) is 15.1 Å². The van der Waals surface area contributed by atoms with Crippen molar-refractivity contribution in [1.29, 1.82) is 0 Å². The Kier molecular flexibility index (Phi) is 6.20. The largest absolute Gasteiger partial charge is 0.369 e. The van der Waals surface area contributed by atoms with Crippen molar-refractivity contribution in [2.24, 2.45) is 0 Å². The number of carbonyl (C=O) groups is 2. The molecule has 0 atom stereocenters. The fraction of sp³-hybridized carbons (Fsp3) is 0.556. The van der Waals surface area contributed by atoms with Crippen molar-refractivity contribution in [2.45, 2.75) is 6.92 Å². The molecule has 0 spiro atoms. The number of hydrogen-bond acceptors (Lipinski definition) is 5. The Morgan fingerprint density at radius 1 is 1.24 bits per heavy atom. The van der Waals surface area contributed by atoms with Crippen molar-refractivity contribution in [3.8, 4) is 0 Å². The molecule has 1 aromatic rings. The van der Waals surface area contributed by atoms with Crippen LogP contribution in [0.1, 0.15) is 5.56 Å². The van der Waals surface area contributed by atoms with Gasteiger partial charge in [-0.15, -0.1) is 11.8 Å². The molecule has 2 amide bonds. The maximum absolute atomic E-state index is 11.9. The molecule has 25 heavy (non-hydrogen) atoms. The molecule has 2 aliphatic rings. The van der Waals surface area contributed by atoms with Crippen LogP contribution in [0.15, 0.2) is 24.3 Å². The van der Waals surface area contributed by atoms with Crippen LogP contribution in [0.25, 0.3) is 0 Å². The molecule has 136 valence electrons. The molecule has 0 unspecified atom stereocenters. The fourth-order valence-electron chi connectivity index (χ4n) is 3.18. The van der Waals surface area contributed by atoms with Gasteiger partial charge in [0.1, 0.15) is 6.54 Å². The number of benzene rings is 1. The second-order valence-electron chi connectivity index (χ2n) is 6.59. The van der Waals surface area contributed by atoms with Crippen LogP contribution < -0.4 is 10.2 Å². The molecule has 0 saturated carbocycles. The molecule has 2 fully saturated rings. The van der Waals surface area contributed by atoms with Gasteiger partial charge in [0.25, 0.3) is 0 Å². The molecule has 7 heteroatoms. The van der Waals surface area contributed by atoms with E-state index in [2.05, 4.69) is 46.3 Å². The van der Waals surface area contributed by atoms with Crippen LogP contribution >= 0.6 is 11.8 Å². The normalized spacial score (nSPS) is 18.7. The zero-order valence-electron chi connectivity index (χ0n) is 14.7. The van der Waals surface area contributed by atoms with Crippen molar-refractivity contribution in [2.75, 3.05) is 62.3 Å². The third-order valence-electron chi connectivity index (χ3n) is 4.65. The van der Waals surface area contributed by atoms with Crippen molar-refractivity contribution in [3.05, 3.63) is 29.8 Å². The Hall–Kier alpha value is -1.73. The van der Waals surface area contributed by atoms with Crippen LogP contribution in [0.5, 0.6) is 0 Å². The van der Waals surface area contributed by atoms with E-state index in [9.17, 15) is 9.59 Å². The van der Waals surface area contributed by atoms with E-state index >= 15 is 0 Å². The number of thioether (sulfide) groups is 1. The second-order valence-corrected chi connectivity index (χ2v) is 7.54. The zero-order valence-corrected chi connectivity index (χ0v) is 15.6. The number of hydrogen-bond donors (Lipinski definition) is 1. The van der Waals surface area contributed by atoms with E-state index in [-0.39, 0.29) is 18.4 Å². The molecular weight excluding hydrogens is 336 g/mol. The minimum Gasteiger partial charge on any atom is -0.369 e. The van der Waals surface area contributed by atoms with Crippen LogP contribution in [-0.2, 0) is 9.59 Å². The van der Waals surface area contributed by atoms with Gasteiger partial charge in [0, 0.05) is 45.0 Å². The molecule has 0 aromatic heterocycles. The molecule has 2 aliphatic heterocycles. The van der Waals surface area contributed by atoms with Gasteiger partial charge in [0.2, 0.25) is 11.8 Å². The predicted octanol–water partition coefficient (Wildman–Crippen LogP) is 0.766. The number of amides is 2. The topological polar surface area (TPSA) is 55.9 Å². The zero-order chi connectivity index (χ0) is 17.6. The summed E-state index contributed by atoms with van der Waals surface area (Å²) in [5, 5.41) is 2.93. The monoisotopic (exact) mass is 362 g/mol. The highest BCUT2D eigenvalue weighted by Gasteiger charge is 2.23. The number of aryl methyl sites for hydroxylation is 1. The van der Waals surface area contributed by atoms with Crippen LogP contribution in [-0.4, -0.2) is 79.1 Å². The average molecular weight is 362 g/mol. The summed E-state index contributed by atoms with van der Waals surface area (Å²) in [4.78, 5) is 29.8. The first-order chi connectivity index (χ1) is 12.1.